The van der Waals surface area contributed by atoms with Crippen LogP contribution in [0.4, 0.5) is 0 Å². The Bertz CT molecular complexity index is 552. The highest BCUT2D eigenvalue weighted by Crippen LogP contribution is 2.16. The summed E-state index contributed by atoms with van der Waals surface area (Å²) in [5.41, 5.74) is 5.06. The molecule has 0 atom stereocenters. The maximum absolute atomic E-state index is 5.81. The predicted molar refractivity (Wildman–Crippen MR) is 78.9 cm³/mol. The number of nitrogens with zero attached hydrogens (tertiary/aromatic N) is 1. The number of ether oxygens (including phenoxy) is 1. The van der Waals surface area contributed by atoms with Gasteiger partial charge in [-0.1, -0.05) is 41.9 Å². The van der Waals surface area contributed by atoms with Gasteiger partial charge in [0.1, 0.15) is 5.75 Å². The van der Waals surface area contributed by atoms with Crippen molar-refractivity contribution in [1.82, 2.24) is 5.43 Å². The lowest BCUT2D eigenvalue weighted by Gasteiger charge is -2.07. The van der Waals surface area contributed by atoms with Crippen LogP contribution in [0.3, 0.4) is 0 Å². The highest BCUT2D eigenvalue weighted by atomic mass is 35.5. The van der Waals surface area contributed by atoms with Crippen LogP contribution in [0.15, 0.2) is 53.6 Å². The molecule has 0 saturated heterocycles. The second-order valence-corrected chi connectivity index (χ2v) is 4.39. The SMILES string of the molecule is COc1ccccc1CN/N=C/c1ccc(Cl)cc1. The van der Waals surface area contributed by atoms with Crippen molar-refractivity contribution in [3.63, 3.8) is 0 Å². The van der Waals surface area contributed by atoms with Gasteiger partial charge in [-0.05, 0) is 23.8 Å². The van der Waals surface area contributed by atoms with Crippen LogP contribution in [-0.4, -0.2) is 13.3 Å². The van der Waals surface area contributed by atoms with Crippen molar-refractivity contribution in [3.8, 4) is 5.75 Å². The highest BCUT2D eigenvalue weighted by molar-refractivity contribution is 6.30. The van der Waals surface area contributed by atoms with Crippen LogP contribution in [-0.2, 0) is 6.54 Å². The molecule has 0 heterocycles. The molecule has 98 valence electrons. The van der Waals surface area contributed by atoms with E-state index in [9.17, 15) is 0 Å². The van der Waals surface area contributed by atoms with Crippen molar-refractivity contribution in [2.75, 3.05) is 7.11 Å². The summed E-state index contributed by atoms with van der Waals surface area (Å²) in [5, 5.41) is 4.89. The summed E-state index contributed by atoms with van der Waals surface area (Å²) in [7, 11) is 1.66. The fourth-order valence-electron chi connectivity index (χ4n) is 1.65. The zero-order chi connectivity index (χ0) is 13.5. The Balaban J connectivity index is 1.91. The van der Waals surface area contributed by atoms with E-state index in [4.69, 9.17) is 16.3 Å². The van der Waals surface area contributed by atoms with Crippen molar-refractivity contribution < 1.29 is 4.74 Å². The zero-order valence-corrected chi connectivity index (χ0v) is 11.4. The molecule has 2 aromatic carbocycles. The normalized spacial score (nSPS) is 10.6. The van der Waals surface area contributed by atoms with E-state index in [1.54, 1.807) is 13.3 Å². The Kier molecular flexibility index (Phi) is 4.81. The Morgan fingerprint density at radius 1 is 1.16 bits per heavy atom. The number of hydrazone groups is 1. The van der Waals surface area contributed by atoms with Gasteiger partial charge in [-0.2, -0.15) is 5.10 Å². The third-order valence-corrected chi connectivity index (χ3v) is 2.89. The van der Waals surface area contributed by atoms with Crippen LogP contribution in [0, 0.1) is 0 Å². The minimum absolute atomic E-state index is 0.619. The predicted octanol–water partition coefficient (Wildman–Crippen LogP) is 3.47. The molecule has 0 aliphatic heterocycles. The molecule has 0 radical (unpaired) electrons. The van der Waals surface area contributed by atoms with Crippen LogP contribution in [0.25, 0.3) is 0 Å². The lowest BCUT2D eigenvalue weighted by atomic mass is 10.2. The summed E-state index contributed by atoms with van der Waals surface area (Å²) in [6.07, 6.45) is 1.76. The number of para-hydroxylation sites is 1. The number of hydrogen-bond donors (Lipinski definition) is 1. The monoisotopic (exact) mass is 274 g/mol. The molecule has 2 aromatic rings. The Morgan fingerprint density at radius 3 is 2.63 bits per heavy atom. The summed E-state index contributed by atoms with van der Waals surface area (Å²) >= 11 is 5.81. The molecule has 0 aliphatic rings. The molecule has 19 heavy (non-hydrogen) atoms. The first-order valence-electron chi connectivity index (χ1n) is 5.93. The third-order valence-electron chi connectivity index (χ3n) is 2.64. The Hall–Kier alpha value is -2.00. The number of benzene rings is 2. The fraction of sp³-hybridized carbons (Fsp3) is 0.133. The summed E-state index contributed by atoms with van der Waals surface area (Å²) < 4.78 is 5.27. The fourth-order valence-corrected chi connectivity index (χ4v) is 1.77. The van der Waals surface area contributed by atoms with Gasteiger partial charge in [-0.15, -0.1) is 0 Å². The second kappa shape index (κ2) is 6.81. The molecule has 0 spiro atoms. The maximum Gasteiger partial charge on any atom is 0.123 e. The minimum atomic E-state index is 0.619. The number of rotatable bonds is 5. The summed E-state index contributed by atoms with van der Waals surface area (Å²) in [4.78, 5) is 0. The number of methoxy groups -OCH3 is 1. The second-order valence-electron chi connectivity index (χ2n) is 3.96. The molecule has 3 nitrogen and oxygen atoms in total. The first-order chi connectivity index (χ1) is 9.29. The molecule has 4 heteroatoms. The zero-order valence-electron chi connectivity index (χ0n) is 10.6. The van der Waals surface area contributed by atoms with Crippen LogP contribution < -0.4 is 10.2 Å². The summed E-state index contributed by atoms with van der Waals surface area (Å²) in [5.74, 6) is 0.858. The van der Waals surface area contributed by atoms with Crippen molar-refractivity contribution in [2.45, 2.75) is 6.54 Å². The number of halogens is 1. The standard InChI is InChI=1S/C15H15ClN2O/c1-19-15-5-3-2-4-13(15)11-18-17-10-12-6-8-14(16)9-7-12/h2-10,18H,11H2,1H3/b17-10+. The molecular weight excluding hydrogens is 260 g/mol. The number of hydrogen-bond acceptors (Lipinski definition) is 3. The number of nitrogens with one attached hydrogen (secondary N) is 1. The largest absolute Gasteiger partial charge is 0.496 e. The van der Waals surface area contributed by atoms with Crippen molar-refractivity contribution in [1.29, 1.82) is 0 Å². The van der Waals surface area contributed by atoms with Crippen LogP contribution in [0.2, 0.25) is 5.02 Å². The van der Waals surface area contributed by atoms with Gasteiger partial charge in [0, 0.05) is 10.6 Å². The first-order valence-corrected chi connectivity index (χ1v) is 6.31. The van der Waals surface area contributed by atoms with Gasteiger partial charge < -0.3 is 10.2 Å². The van der Waals surface area contributed by atoms with Gasteiger partial charge in [-0.3, -0.25) is 0 Å². The van der Waals surface area contributed by atoms with E-state index < -0.39 is 0 Å². The molecule has 2 rings (SSSR count). The van der Waals surface area contributed by atoms with E-state index in [0.29, 0.717) is 6.54 Å². The van der Waals surface area contributed by atoms with Gasteiger partial charge in [-0.25, -0.2) is 0 Å². The smallest absolute Gasteiger partial charge is 0.123 e. The molecule has 0 aromatic heterocycles. The topological polar surface area (TPSA) is 33.6 Å². The Morgan fingerprint density at radius 2 is 1.89 bits per heavy atom. The van der Waals surface area contributed by atoms with E-state index in [1.165, 1.54) is 0 Å². The van der Waals surface area contributed by atoms with E-state index in [0.717, 1.165) is 21.9 Å². The quantitative estimate of drug-likeness (QED) is 0.669. The van der Waals surface area contributed by atoms with Crippen molar-refractivity contribution in [3.05, 3.63) is 64.7 Å². The lowest BCUT2D eigenvalue weighted by Crippen LogP contribution is -2.06. The molecular formula is C15H15ClN2O. The summed E-state index contributed by atoms with van der Waals surface area (Å²) in [6.45, 7) is 0.619. The van der Waals surface area contributed by atoms with E-state index in [1.807, 2.05) is 48.5 Å². The van der Waals surface area contributed by atoms with Gasteiger partial charge in [0.2, 0.25) is 0 Å². The average Bonchev–Trinajstić information content (AvgIpc) is 2.46. The molecule has 0 unspecified atom stereocenters. The van der Waals surface area contributed by atoms with Crippen LogP contribution in [0.1, 0.15) is 11.1 Å². The highest BCUT2D eigenvalue weighted by Gasteiger charge is 1.99. The van der Waals surface area contributed by atoms with Gasteiger partial charge in [0.15, 0.2) is 0 Å². The third kappa shape index (κ3) is 4.00. The maximum atomic E-state index is 5.81. The first kappa shape index (κ1) is 13.4. The van der Waals surface area contributed by atoms with Crippen molar-refractivity contribution >= 4 is 17.8 Å². The summed E-state index contributed by atoms with van der Waals surface area (Å²) in [6, 6.07) is 15.4. The van der Waals surface area contributed by atoms with E-state index in [-0.39, 0.29) is 0 Å². The molecule has 0 amide bonds. The van der Waals surface area contributed by atoms with E-state index >= 15 is 0 Å². The van der Waals surface area contributed by atoms with Crippen LogP contribution >= 0.6 is 11.6 Å². The molecule has 0 fully saturated rings. The Labute approximate surface area is 117 Å². The molecule has 0 saturated carbocycles. The van der Waals surface area contributed by atoms with Crippen molar-refractivity contribution in [2.24, 2.45) is 5.10 Å². The average molecular weight is 275 g/mol. The minimum Gasteiger partial charge on any atom is -0.496 e. The van der Waals surface area contributed by atoms with Crippen LogP contribution in [0.5, 0.6) is 5.75 Å². The molecule has 0 aliphatic carbocycles. The molecule has 0 bridgehead atoms. The van der Waals surface area contributed by atoms with E-state index in [2.05, 4.69) is 10.5 Å². The lowest BCUT2D eigenvalue weighted by molar-refractivity contribution is 0.408. The van der Waals surface area contributed by atoms with Gasteiger partial charge in [0.25, 0.3) is 0 Å². The molecule has 1 N–H and O–H groups in total. The van der Waals surface area contributed by atoms with Gasteiger partial charge >= 0.3 is 0 Å². The van der Waals surface area contributed by atoms with Gasteiger partial charge in [0.05, 0.1) is 19.9 Å².